The van der Waals surface area contributed by atoms with Crippen molar-refractivity contribution in [3.8, 4) is 5.75 Å². The number of carbonyl (C=O) groups is 2. The van der Waals surface area contributed by atoms with E-state index in [4.69, 9.17) is 9.47 Å². The Balaban J connectivity index is 2.41. The number of methoxy groups -OCH3 is 2. The van der Waals surface area contributed by atoms with Crippen molar-refractivity contribution in [3.63, 3.8) is 0 Å². The minimum absolute atomic E-state index is 0.115. The maximum atomic E-state index is 14.1. The molecule has 0 amide bonds. The van der Waals surface area contributed by atoms with Crippen LogP contribution in [-0.4, -0.2) is 67.7 Å². The van der Waals surface area contributed by atoms with Crippen LogP contribution < -0.4 is 4.74 Å². The van der Waals surface area contributed by atoms with E-state index in [2.05, 4.69) is 4.74 Å². The van der Waals surface area contributed by atoms with Gasteiger partial charge in [0, 0.05) is 25.3 Å². The van der Waals surface area contributed by atoms with Gasteiger partial charge in [0.2, 0.25) is 5.78 Å². The molecule has 0 aliphatic rings. The van der Waals surface area contributed by atoms with E-state index in [1.807, 2.05) is 0 Å². The Kier molecular flexibility index (Phi) is 9.51. The molecule has 0 N–H and O–H groups in total. The molecule has 0 aromatic heterocycles. The fourth-order valence-corrected chi connectivity index (χ4v) is 3.42. The van der Waals surface area contributed by atoms with Gasteiger partial charge in [-0.15, -0.1) is 0 Å². The lowest BCUT2D eigenvalue weighted by atomic mass is 9.91. The molecule has 0 atom stereocenters. The number of alkyl halides is 15. The molecule has 0 heterocycles. The largest absolute Gasteiger partial charge is 0.460 e. The van der Waals surface area contributed by atoms with Crippen LogP contribution in [0.4, 0.5) is 65.9 Å². The van der Waals surface area contributed by atoms with Crippen LogP contribution in [-0.2, 0) is 20.1 Å². The normalized spacial score (nSPS) is 14.4. The molecule has 0 saturated heterocycles. The van der Waals surface area contributed by atoms with Crippen molar-refractivity contribution in [2.75, 3.05) is 14.2 Å². The molecule has 0 radical (unpaired) electrons. The van der Waals surface area contributed by atoms with Gasteiger partial charge in [0.1, 0.15) is 5.75 Å². The number of hydrogen-bond acceptors (Lipinski definition) is 5. The van der Waals surface area contributed by atoms with Crippen LogP contribution in [0.5, 0.6) is 5.75 Å². The number of halogens is 15. The van der Waals surface area contributed by atoms with Crippen molar-refractivity contribution < 1.29 is 89.7 Å². The summed E-state index contributed by atoms with van der Waals surface area (Å²) in [6.07, 6.45) is -7.76. The van der Waals surface area contributed by atoms with Gasteiger partial charge in [-0.3, -0.25) is 4.79 Å². The minimum Gasteiger partial charge on any atom is -0.422 e. The number of esters is 1. The highest BCUT2D eigenvalue weighted by atomic mass is 19.4. The number of Topliss-reactive ketones (excluding diaryl/α,β-unsaturated/α-hetero) is 1. The maximum absolute atomic E-state index is 14.1. The third-order valence-electron chi connectivity index (χ3n) is 5.94. The van der Waals surface area contributed by atoms with Crippen LogP contribution in [0, 0.1) is 0 Å². The number of rotatable bonds is 12. The molecule has 0 spiro atoms. The summed E-state index contributed by atoms with van der Waals surface area (Å²) >= 11 is 0. The molecule has 246 valence electrons. The Hall–Kier alpha value is -3.55. The molecular weight excluding hydrogens is 653 g/mol. The fraction of sp³-hybridized carbons (Fsp3) is 0.417. The third-order valence-corrected chi connectivity index (χ3v) is 5.94. The molecule has 2 aromatic carbocycles. The highest BCUT2D eigenvalue weighted by molar-refractivity contribution is 6.02. The minimum atomic E-state index is -8.55. The Morgan fingerprint density at radius 3 is 1.36 bits per heavy atom. The Morgan fingerprint density at radius 1 is 0.545 bits per heavy atom. The van der Waals surface area contributed by atoms with Crippen molar-refractivity contribution in [2.24, 2.45) is 0 Å². The second-order valence-corrected chi connectivity index (χ2v) is 8.58. The molecule has 0 unspecified atom stereocenters. The molecule has 2 rings (SSSR count). The van der Waals surface area contributed by atoms with E-state index < -0.39 is 70.6 Å². The van der Waals surface area contributed by atoms with Crippen molar-refractivity contribution >= 4 is 11.8 Å². The number of carbonyl (C=O) groups excluding carboxylic acids is 2. The molecule has 0 aliphatic heterocycles. The first-order valence-electron chi connectivity index (χ1n) is 11.1. The summed E-state index contributed by atoms with van der Waals surface area (Å²) in [6.45, 7) is 0. The van der Waals surface area contributed by atoms with Crippen LogP contribution >= 0.6 is 0 Å². The lowest BCUT2D eigenvalue weighted by Crippen LogP contribution is -2.73. The van der Waals surface area contributed by atoms with E-state index in [1.165, 1.54) is 24.3 Å². The van der Waals surface area contributed by atoms with Gasteiger partial charge in [-0.05, 0) is 24.3 Å². The fourth-order valence-electron chi connectivity index (χ4n) is 3.42. The third kappa shape index (κ3) is 5.34. The smallest absolute Gasteiger partial charge is 0.422 e. The van der Waals surface area contributed by atoms with Gasteiger partial charge in [0.05, 0.1) is 0 Å². The Morgan fingerprint density at radius 2 is 0.955 bits per heavy atom. The van der Waals surface area contributed by atoms with E-state index in [9.17, 15) is 75.4 Å². The average Bonchev–Trinajstić information content (AvgIpc) is 2.93. The second kappa shape index (κ2) is 11.4. The molecule has 20 heteroatoms. The predicted molar refractivity (Wildman–Crippen MR) is 114 cm³/mol. The molecule has 0 aliphatic carbocycles. The van der Waals surface area contributed by atoms with Crippen molar-refractivity contribution in [1.82, 2.24) is 0 Å². The topological polar surface area (TPSA) is 61.8 Å². The zero-order valence-electron chi connectivity index (χ0n) is 21.4. The zero-order valence-corrected chi connectivity index (χ0v) is 21.4. The predicted octanol–water partition coefficient (Wildman–Crippen LogP) is 7.29. The van der Waals surface area contributed by atoms with Crippen LogP contribution in [0.3, 0.4) is 0 Å². The number of ether oxygens (including phenoxy) is 3. The Labute approximate surface area is 235 Å². The van der Waals surface area contributed by atoms with Gasteiger partial charge >= 0.3 is 47.7 Å². The van der Waals surface area contributed by atoms with Crippen LogP contribution in [0.2, 0.25) is 0 Å². The summed E-state index contributed by atoms with van der Waals surface area (Å²) in [7, 11) is 2.07. The maximum Gasteiger partial charge on any atom is 0.460 e. The van der Waals surface area contributed by atoms with Crippen LogP contribution in [0.15, 0.2) is 54.6 Å². The number of hydrogen-bond donors (Lipinski definition) is 0. The second-order valence-electron chi connectivity index (χ2n) is 8.58. The summed E-state index contributed by atoms with van der Waals surface area (Å²) in [5.41, 5.74) is -0.308. The lowest BCUT2D eigenvalue weighted by molar-refractivity contribution is -0.450. The van der Waals surface area contributed by atoms with Crippen LogP contribution in [0.25, 0.3) is 0 Å². The number of ketones is 1. The quantitative estimate of drug-likeness (QED) is 0.0782. The first kappa shape index (κ1) is 36.6. The van der Waals surface area contributed by atoms with Gasteiger partial charge < -0.3 is 14.2 Å². The summed E-state index contributed by atoms with van der Waals surface area (Å²) in [5, 5.41) is 0. The van der Waals surface area contributed by atoms with E-state index in [0.29, 0.717) is 24.3 Å². The molecule has 5 nitrogen and oxygen atoms in total. The standard InChI is InChI=1S/C24H15F15O5/c1-42-17(43-2,13-6-4-3-5-7-13)15(40)12-8-10-14(11-9-12)44-16(41)18(25,26)19(27,28)20(29,30)21(31,32)22(33,34)23(35,36)24(37,38)39/h3-11H,1-2H3. The average molecular weight is 668 g/mol. The molecular formula is C24H15F15O5. The van der Waals surface area contributed by atoms with Gasteiger partial charge in [-0.1, -0.05) is 30.3 Å². The Bertz CT molecular complexity index is 1340. The summed E-state index contributed by atoms with van der Waals surface area (Å²) < 4.78 is 214. The highest BCUT2D eigenvalue weighted by Crippen LogP contribution is 2.62. The first-order valence-corrected chi connectivity index (χ1v) is 11.1. The summed E-state index contributed by atoms with van der Waals surface area (Å²) in [4.78, 5) is 24.7. The molecule has 2 aromatic rings. The zero-order chi connectivity index (χ0) is 34.4. The molecule has 0 saturated carbocycles. The first-order chi connectivity index (χ1) is 19.7. The van der Waals surface area contributed by atoms with Gasteiger partial charge in [0.25, 0.3) is 5.79 Å². The van der Waals surface area contributed by atoms with Gasteiger partial charge in [0.15, 0.2) is 0 Å². The van der Waals surface area contributed by atoms with E-state index in [0.717, 1.165) is 14.2 Å². The van der Waals surface area contributed by atoms with Crippen molar-refractivity contribution in [1.29, 1.82) is 0 Å². The molecule has 44 heavy (non-hydrogen) atoms. The highest BCUT2D eigenvalue weighted by Gasteiger charge is 2.94. The summed E-state index contributed by atoms with van der Waals surface area (Å²) in [6, 6.07) is 9.33. The van der Waals surface area contributed by atoms with Gasteiger partial charge in [-0.2, -0.15) is 65.9 Å². The monoisotopic (exact) mass is 668 g/mol. The van der Waals surface area contributed by atoms with Crippen molar-refractivity contribution in [2.45, 2.75) is 47.5 Å². The van der Waals surface area contributed by atoms with Crippen molar-refractivity contribution in [3.05, 3.63) is 65.7 Å². The lowest BCUT2D eigenvalue weighted by Gasteiger charge is -2.40. The SMILES string of the molecule is COC(OC)(C(=O)c1ccc(OC(=O)C(F)(F)C(F)(F)C(F)(F)C(F)(F)C(F)(F)C(F)(F)C(F)(F)F)cc1)c1ccccc1. The van der Waals surface area contributed by atoms with Gasteiger partial charge in [-0.25, -0.2) is 4.79 Å². The molecule has 0 bridgehead atoms. The number of benzene rings is 2. The van der Waals surface area contributed by atoms with E-state index in [1.54, 1.807) is 6.07 Å². The summed E-state index contributed by atoms with van der Waals surface area (Å²) in [5.74, 6) is -57.3. The van der Waals surface area contributed by atoms with Crippen LogP contribution in [0.1, 0.15) is 15.9 Å². The van der Waals surface area contributed by atoms with E-state index in [-0.39, 0.29) is 5.56 Å². The molecule has 0 fully saturated rings. The van der Waals surface area contributed by atoms with E-state index >= 15 is 0 Å².